The predicted octanol–water partition coefficient (Wildman–Crippen LogP) is -0.0984. The van der Waals surface area contributed by atoms with Crippen molar-refractivity contribution >= 4 is 18.2 Å². The fourth-order valence-corrected chi connectivity index (χ4v) is 1.63. The highest BCUT2D eigenvalue weighted by atomic mass is 16.7. The smallest absolute Gasteiger partial charge is 0.312 e. The Morgan fingerprint density at radius 2 is 1.71 bits per heavy atom. The number of hydrogen-bond donors (Lipinski definition) is 0. The van der Waals surface area contributed by atoms with Crippen LogP contribution in [-0.2, 0) is 14.4 Å². The van der Waals surface area contributed by atoms with E-state index >= 15 is 0 Å². The summed E-state index contributed by atoms with van der Waals surface area (Å²) >= 11 is 0. The van der Waals surface area contributed by atoms with E-state index in [4.69, 9.17) is 4.84 Å². The van der Waals surface area contributed by atoms with Crippen LogP contribution in [0.25, 0.3) is 0 Å². The highest BCUT2D eigenvalue weighted by Gasteiger charge is 2.31. The normalized spacial score (nSPS) is 22.0. The van der Waals surface area contributed by atoms with E-state index in [9.17, 15) is 9.59 Å². The van der Waals surface area contributed by atoms with Crippen molar-refractivity contribution in [3.63, 3.8) is 0 Å². The van der Waals surface area contributed by atoms with E-state index in [0.717, 1.165) is 31.0 Å². The molecule has 2 aliphatic heterocycles. The minimum atomic E-state index is -0.245. The fourth-order valence-electron chi connectivity index (χ4n) is 1.63. The number of rotatable bonds is 2. The molecule has 2 rings (SSSR count). The van der Waals surface area contributed by atoms with E-state index in [1.54, 1.807) is 0 Å². The van der Waals surface area contributed by atoms with Gasteiger partial charge in [-0.05, 0) is 0 Å². The average molecular weight is 197 g/mol. The largest absolute Gasteiger partial charge is 0.349 e. The van der Waals surface area contributed by atoms with Crippen molar-refractivity contribution in [1.82, 2.24) is 5.06 Å². The molecule has 0 aromatic carbocycles. The molecular formula is C9H13N2O3+. The van der Waals surface area contributed by atoms with E-state index in [0.29, 0.717) is 0 Å². The first kappa shape index (κ1) is 9.18. The van der Waals surface area contributed by atoms with Gasteiger partial charge in [-0.2, -0.15) is 0 Å². The maximum atomic E-state index is 11.1. The van der Waals surface area contributed by atoms with Crippen LogP contribution >= 0.6 is 0 Å². The highest BCUT2D eigenvalue weighted by Crippen LogP contribution is 2.11. The van der Waals surface area contributed by atoms with Crippen molar-refractivity contribution in [1.29, 1.82) is 0 Å². The predicted molar refractivity (Wildman–Crippen MR) is 47.5 cm³/mol. The Kier molecular flexibility index (Phi) is 2.47. The fraction of sp³-hybridized carbons (Fsp3) is 0.667. The van der Waals surface area contributed by atoms with Crippen molar-refractivity contribution < 1.29 is 19.0 Å². The Morgan fingerprint density at radius 3 is 2.29 bits per heavy atom. The molecule has 2 aliphatic rings. The average Bonchev–Trinajstić information content (AvgIpc) is 2.76. The van der Waals surface area contributed by atoms with Crippen molar-refractivity contribution in [2.24, 2.45) is 0 Å². The lowest BCUT2D eigenvalue weighted by Crippen LogP contribution is -2.30. The maximum Gasteiger partial charge on any atom is 0.349 e. The van der Waals surface area contributed by atoms with Crippen molar-refractivity contribution in [2.45, 2.75) is 25.7 Å². The molecule has 0 radical (unpaired) electrons. The van der Waals surface area contributed by atoms with Gasteiger partial charge in [-0.3, -0.25) is 9.59 Å². The molecule has 0 aliphatic carbocycles. The Morgan fingerprint density at radius 1 is 1.14 bits per heavy atom. The molecule has 0 aromatic heterocycles. The van der Waals surface area contributed by atoms with E-state index in [1.165, 1.54) is 6.40 Å². The monoisotopic (exact) mass is 197 g/mol. The quantitative estimate of drug-likeness (QED) is 0.353. The van der Waals surface area contributed by atoms with Gasteiger partial charge in [0, 0.05) is 25.7 Å². The zero-order chi connectivity index (χ0) is 9.97. The number of carbonyl (C=O) groups excluding carboxylic acids is 2. The maximum absolute atomic E-state index is 11.1. The van der Waals surface area contributed by atoms with Gasteiger partial charge in [0.15, 0.2) is 0 Å². The van der Waals surface area contributed by atoms with Crippen LogP contribution in [0, 0.1) is 0 Å². The van der Waals surface area contributed by atoms with E-state index < -0.39 is 0 Å². The summed E-state index contributed by atoms with van der Waals surface area (Å²) in [5.41, 5.74) is 0. The number of imide groups is 1. The number of hydroxylamine groups is 2. The van der Waals surface area contributed by atoms with Gasteiger partial charge in [0.1, 0.15) is 13.1 Å². The Bertz CT molecular complexity index is 274. The number of amides is 2. The van der Waals surface area contributed by atoms with Gasteiger partial charge in [-0.1, -0.05) is 0 Å². The lowest BCUT2D eigenvalue weighted by Gasteiger charge is -2.07. The van der Waals surface area contributed by atoms with Crippen LogP contribution in [0.3, 0.4) is 0 Å². The van der Waals surface area contributed by atoms with Crippen LogP contribution in [0.5, 0.6) is 0 Å². The Hall–Kier alpha value is -1.39. The summed E-state index contributed by atoms with van der Waals surface area (Å²) in [4.78, 5) is 27.3. The molecule has 0 bridgehead atoms. The molecule has 5 heteroatoms. The summed E-state index contributed by atoms with van der Waals surface area (Å²) in [6.45, 7) is 1.88. The summed E-state index contributed by atoms with van der Waals surface area (Å²) in [6, 6.07) is 0. The topological polar surface area (TPSA) is 49.6 Å². The van der Waals surface area contributed by atoms with Gasteiger partial charge in [0.2, 0.25) is 0 Å². The van der Waals surface area contributed by atoms with Crippen LogP contribution in [0.4, 0.5) is 0 Å². The zero-order valence-corrected chi connectivity index (χ0v) is 7.94. The first-order valence-electron chi connectivity index (χ1n) is 4.87. The van der Waals surface area contributed by atoms with Crippen molar-refractivity contribution in [3.05, 3.63) is 0 Å². The van der Waals surface area contributed by atoms with Gasteiger partial charge >= 0.3 is 6.40 Å². The molecule has 0 N–H and O–H groups in total. The molecule has 0 unspecified atom stereocenters. The van der Waals surface area contributed by atoms with E-state index in [1.807, 2.05) is 4.58 Å². The third-order valence-corrected chi connectivity index (χ3v) is 2.45. The molecule has 5 nitrogen and oxygen atoms in total. The molecule has 0 aromatic rings. The lowest BCUT2D eigenvalue weighted by molar-refractivity contribution is -0.511. The third kappa shape index (κ3) is 1.76. The zero-order valence-electron chi connectivity index (χ0n) is 7.94. The second kappa shape index (κ2) is 3.77. The summed E-state index contributed by atoms with van der Waals surface area (Å²) in [6.07, 6.45) is 4.30. The van der Waals surface area contributed by atoms with Gasteiger partial charge in [-0.25, -0.2) is 4.58 Å². The van der Waals surface area contributed by atoms with E-state index in [-0.39, 0.29) is 24.7 Å². The number of hydrogen-bond acceptors (Lipinski definition) is 3. The van der Waals surface area contributed by atoms with Crippen LogP contribution in [0.1, 0.15) is 25.7 Å². The summed E-state index contributed by atoms with van der Waals surface area (Å²) < 4.78 is 1.97. The first-order valence-corrected chi connectivity index (χ1v) is 4.87. The van der Waals surface area contributed by atoms with Gasteiger partial charge in [-0.15, -0.1) is 5.06 Å². The number of nitrogens with zero attached hydrogens (tertiary/aromatic N) is 2. The lowest BCUT2D eigenvalue weighted by atomic mass is 10.4. The number of carbonyl (C=O) groups is 2. The third-order valence-electron chi connectivity index (χ3n) is 2.45. The first-order chi connectivity index (χ1) is 6.77. The van der Waals surface area contributed by atoms with Crippen molar-refractivity contribution in [2.75, 3.05) is 13.1 Å². The Balaban J connectivity index is 1.93. The van der Waals surface area contributed by atoms with Crippen LogP contribution in [0.2, 0.25) is 0 Å². The van der Waals surface area contributed by atoms with Crippen molar-refractivity contribution in [3.8, 4) is 0 Å². The second-order valence-electron chi connectivity index (χ2n) is 3.54. The minimum Gasteiger partial charge on any atom is -0.312 e. The molecule has 76 valence electrons. The molecule has 0 saturated carbocycles. The Labute approximate surface area is 81.9 Å². The molecule has 2 amide bonds. The van der Waals surface area contributed by atoms with E-state index in [2.05, 4.69) is 0 Å². The molecule has 0 spiro atoms. The van der Waals surface area contributed by atoms with Gasteiger partial charge in [0.05, 0.1) is 0 Å². The molecule has 0 atom stereocenters. The van der Waals surface area contributed by atoms with Gasteiger partial charge in [0.25, 0.3) is 11.8 Å². The van der Waals surface area contributed by atoms with Crippen LogP contribution in [0.15, 0.2) is 0 Å². The molecule has 2 saturated heterocycles. The second-order valence-corrected chi connectivity index (χ2v) is 3.54. The summed E-state index contributed by atoms with van der Waals surface area (Å²) in [5, 5.41) is 0.859. The van der Waals surface area contributed by atoms with Gasteiger partial charge < -0.3 is 4.84 Å². The molecule has 2 fully saturated rings. The van der Waals surface area contributed by atoms with Crippen LogP contribution < -0.4 is 0 Å². The molecular weight excluding hydrogens is 184 g/mol. The SMILES string of the molecule is O=C1CCC(=O)N1OC=[N+]1CCCC1. The summed E-state index contributed by atoms with van der Waals surface area (Å²) in [7, 11) is 0. The van der Waals surface area contributed by atoms with Crippen LogP contribution in [-0.4, -0.2) is 40.9 Å². The highest BCUT2D eigenvalue weighted by molar-refractivity contribution is 6.01. The minimum absolute atomic E-state index is 0.245. The molecule has 14 heavy (non-hydrogen) atoms. The summed E-state index contributed by atoms with van der Waals surface area (Å²) in [5.74, 6) is -0.490. The molecule has 2 heterocycles. The standard InChI is InChI=1S/C9H13N2O3/c12-8-3-4-9(13)11(8)14-7-10-5-1-2-6-10/h7H,1-6H2/q+1.